The molecule has 188 valence electrons. The van der Waals surface area contributed by atoms with Crippen LogP contribution in [-0.4, -0.2) is 77.3 Å². The van der Waals surface area contributed by atoms with Gasteiger partial charge in [0.25, 0.3) is 0 Å². The van der Waals surface area contributed by atoms with Gasteiger partial charge >= 0.3 is 0 Å². The van der Waals surface area contributed by atoms with Crippen LogP contribution in [0.4, 0.5) is 0 Å². The van der Waals surface area contributed by atoms with Crippen LogP contribution >= 0.6 is 11.9 Å². The fourth-order valence-corrected chi connectivity index (χ4v) is 5.61. The molecule has 2 amide bonds. The second-order valence-corrected chi connectivity index (χ2v) is 9.89. The molecule has 1 fully saturated rings. The molecule has 1 aliphatic heterocycles. The molecule has 7 nitrogen and oxygen atoms in total. The molecule has 3 N–H and O–H groups in total. The van der Waals surface area contributed by atoms with E-state index in [0.717, 1.165) is 31.7 Å². The number of fused-ring (bicyclic) bond motifs is 1. The molecule has 35 heavy (non-hydrogen) atoms. The standard InChI is InChI=1S/C27H36N4O3S/c1-3-14-28-26(33)19-29-27(34)20-31(35-18-7-17-32)23-12-15-30(16-13-23)21(2)24-11-6-9-22-8-4-5-10-25(22)24/h1,4-6,8-11,21,23,32H,7,12-20H2,2H3,(H,28,33)(H,29,34). The van der Waals surface area contributed by atoms with Gasteiger partial charge in [-0.25, -0.2) is 4.31 Å². The minimum atomic E-state index is -0.300. The minimum absolute atomic E-state index is 0.0867. The van der Waals surface area contributed by atoms with Gasteiger partial charge in [-0.1, -0.05) is 60.3 Å². The Kier molecular flexibility index (Phi) is 10.9. The van der Waals surface area contributed by atoms with Gasteiger partial charge in [-0.05, 0) is 42.5 Å². The summed E-state index contributed by atoms with van der Waals surface area (Å²) in [6, 6.07) is 15.6. The van der Waals surface area contributed by atoms with Crippen LogP contribution in [0.3, 0.4) is 0 Å². The van der Waals surface area contributed by atoms with E-state index >= 15 is 0 Å². The summed E-state index contributed by atoms with van der Waals surface area (Å²) in [7, 11) is 0. The molecule has 1 unspecified atom stereocenters. The van der Waals surface area contributed by atoms with E-state index in [0.29, 0.717) is 12.5 Å². The number of benzene rings is 2. The van der Waals surface area contributed by atoms with Crippen LogP contribution in [0, 0.1) is 12.3 Å². The molecule has 0 saturated carbocycles. The van der Waals surface area contributed by atoms with Crippen molar-refractivity contribution < 1.29 is 14.7 Å². The van der Waals surface area contributed by atoms with E-state index in [-0.39, 0.29) is 44.1 Å². The Morgan fingerprint density at radius 3 is 2.66 bits per heavy atom. The quantitative estimate of drug-likeness (QED) is 0.238. The number of carbonyl (C=O) groups is 2. The number of piperidine rings is 1. The van der Waals surface area contributed by atoms with Crippen LogP contribution in [0.5, 0.6) is 0 Å². The molecule has 0 radical (unpaired) electrons. The zero-order valence-corrected chi connectivity index (χ0v) is 21.2. The van der Waals surface area contributed by atoms with E-state index in [4.69, 9.17) is 6.42 Å². The number of hydrogen-bond donors (Lipinski definition) is 3. The lowest BCUT2D eigenvalue weighted by molar-refractivity contribution is -0.126. The molecule has 0 bridgehead atoms. The van der Waals surface area contributed by atoms with Crippen molar-refractivity contribution in [2.24, 2.45) is 0 Å². The summed E-state index contributed by atoms with van der Waals surface area (Å²) in [6.07, 6.45) is 7.73. The van der Waals surface area contributed by atoms with Gasteiger partial charge in [0.1, 0.15) is 0 Å². The number of rotatable bonds is 12. The van der Waals surface area contributed by atoms with Gasteiger partial charge in [-0.2, -0.15) is 0 Å². The first-order chi connectivity index (χ1) is 17.0. The van der Waals surface area contributed by atoms with Crippen molar-refractivity contribution in [2.45, 2.75) is 38.3 Å². The second-order valence-electron chi connectivity index (χ2n) is 8.75. The van der Waals surface area contributed by atoms with Gasteiger partial charge in [-0.15, -0.1) is 6.42 Å². The summed E-state index contributed by atoms with van der Waals surface area (Å²) >= 11 is 1.60. The van der Waals surface area contributed by atoms with Crippen LogP contribution in [0.1, 0.15) is 37.8 Å². The van der Waals surface area contributed by atoms with E-state index in [2.05, 4.69) is 75.1 Å². The van der Waals surface area contributed by atoms with E-state index in [9.17, 15) is 14.7 Å². The van der Waals surface area contributed by atoms with Gasteiger partial charge in [0.2, 0.25) is 11.8 Å². The van der Waals surface area contributed by atoms with Crippen molar-refractivity contribution in [1.29, 1.82) is 0 Å². The first-order valence-corrected chi connectivity index (χ1v) is 13.2. The number of likely N-dealkylation sites (tertiary alicyclic amines) is 1. The molecular formula is C27H36N4O3S. The molecule has 1 atom stereocenters. The Balaban J connectivity index is 1.57. The summed E-state index contributed by atoms with van der Waals surface area (Å²) in [5, 5.41) is 17.0. The van der Waals surface area contributed by atoms with Gasteiger partial charge < -0.3 is 15.7 Å². The molecule has 2 aromatic rings. The molecule has 0 aliphatic carbocycles. The van der Waals surface area contributed by atoms with Crippen molar-refractivity contribution >= 4 is 34.5 Å². The zero-order chi connectivity index (χ0) is 25.0. The van der Waals surface area contributed by atoms with Crippen LogP contribution in [0.2, 0.25) is 0 Å². The molecule has 1 saturated heterocycles. The number of amides is 2. The topological polar surface area (TPSA) is 84.9 Å². The fraction of sp³-hybridized carbons (Fsp3) is 0.481. The molecule has 8 heteroatoms. The SMILES string of the molecule is C#CCNC(=O)CNC(=O)CN(SCCCO)C1CCN(C(C)c2cccc3ccccc23)CC1. The lowest BCUT2D eigenvalue weighted by atomic mass is 9.96. The van der Waals surface area contributed by atoms with E-state index in [1.54, 1.807) is 11.9 Å². The first kappa shape index (κ1) is 27.0. The third-order valence-corrected chi connectivity index (χ3v) is 7.65. The minimum Gasteiger partial charge on any atom is -0.396 e. The van der Waals surface area contributed by atoms with E-state index in [1.807, 2.05) is 0 Å². The molecule has 1 aliphatic rings. The lowest BCUT2D eigenvalue weighted by Gasteiger charge is -2.40. The molecule has 0 aromatic heterocycles. The summed E-state index contributed by atoms with van der Waals surface area (Å²) in [4.78, 5) is 26.8. The van der Waals surface area contributed by atoms with Crippen LogP contribution < -0.4 is 10.6 Å². The van der Waals surface area contributed by atoms with Crippen molar-refractivity contribution in [1.82, 2.24) is 19.8 Å². The Labute approximate surface area is 212 Å². The summed E-state index contributed by atoms with van der Waals surface area (Å²) in [5.41, 5.74) is 1.35. The lowest BCUT2D eigenvalue weighted by Crippen LogP contribution is -2.47. The number of aliphatic hydroxyl groups excluding tert-OH is 1. The van der Waals surface area contributed by atoms with Crippen LogP contribution in [-0.2, 0) is 9.59 Å². The Bertz CT molecular complexity index is 1010. The van der Waals surface area contributed by atoms with Gasteiger partial charge in [0.05, 0.1) is 19.6 Å². The normalized spacial score (nSPS) is 15.6. The van der Waals surface area contributed by atoms with Crippen molar-refractivity contribution in [3.8, 4) is 12.3 Å². The third-order valence-electron chi connectivity index (χ3n) is 6.42. The number of nitrogens with one attached hydrogen (secondary N) is 2. The molecule has 0 spiro atoms. The van der Waals surface area contributed by atoms with Gasteiger partial charge in [0, 0.05) is 37.5 Å². The van der Waals surface area contributed by atoms with Crippen molar-refractivity contribution in [3.63, 3.8) is 0 Å². The Morgan fingerprint density at radius 1 is 1.17 bits per heavy atom. The van der Waals surface area contributed by atoms with Crippen LogP contribution in [0.25, 0.3) is 10.8 Å². The number of terminal acetylenes is 1. The predicted octanol–water partition coefficient (Wildman–Crippen LogP) is 2.56. The van der Waals surface area contributed by atoms with E-state index < -0.39 is 0 Å². The number of nitrogens with zero attached hydrogens (tertiary/aromatic N) is 2. The summed E-state index contributed by atoms with van der Waals surface area (Å²) in [5.74, 6) is 2.60. The maximum atomic E-state index is 12.5. The summed E-state index contributed by atoms with van der Waals surface area (Å²) in [6.45, 7) is 4.56. The zero-order valence-electron chi connectivity index (χ0n) is 20.4. The maximum Gasteiger partial charge on any atom is 0.240 e. The number of carbonyl (C=O) groups excluding carboxylic acids is 2. The molecular weight excluding hydrogens is 460 g/mol. The smallest absolute Gasteiger partial charge is 0.240 e. The number of aliphatic hydroxyl groups is 1. The molecule has 1 heterocycles. The van der Waals surface area contributed by atoms with Crippen molar-refractivity contribution in [3.05, 3.63) is 48.0 Å². The average molecular weight is 497 g/mol. The highest BCUT2D eigenvalue weighted by molar-refractivity contribution is 7.97. The van der Waals surface area contributed by atoms with E-state index in [1.165, 1.54) is 16.3 Å². The van der Waals surface area contributed by atoms with Crippen molar-refractivity contribution in [2.75, 3.05) is 45.1 Å². The average Bonchev–Trinajstić information content (AvgIpc) is 2.89. The highest BCUT2D eigenvalue weighted by Crippen LogP contribution is 2.32. The highest BCUT2D eigenvalue weighted by atomic mass is 32.2. The third kappa shape index (κ3) is 7.97. The Hall–Kier alpha value is -2.57. The maximum absolute atomic E-state index is 12.5. The molecule has 2 aromatic carbocycles. The number of hydrogen-bond acceptors (Lipinski definition) is 6. The second kappa shape index (κ2) is 14.1. The van der Waals surface area contributed by atoms with Crippen LogP contribution in [0.15, 0.2) is 42.5 Å². The Morgan fingerprint density at radius 2 is 1.91 bits per heavy atom. The fourth-order valence-electron chi connectivity index (χ4n) is 4.49. The van der Waals surface area contributed by atoms with Gasteiger partial charge in [0.15, 0.2) is 0 Å². The monoisotopic (exact) mass is 496 g/mol. The predicted molar refractivity (Wildman–Crippen MR) is 143 cm³/mol. The highest BCUT2D eigenvalue weighted by Gasteiger charge is 2.29. The first-order valence-electron chi connectivity index (χ1n) is 12.2. The largest absolute Gasteiger partial charge is 0.396 e. The van der Waals surface area contributed by atoms with Gasteiger partial charge in [-0.3, -0.25) is 14.5 Å². The summed E-state index contributed by atoms with van der Waals surface area (Å²) < 4.78 is 2.13. The molecule has 3 rings (SSSR count).